The van der Waals surface area contributed by atoms with Gasteiger partial charge in [0.25, 0.3) is 5.91 Å². The topological polar surface area (TPSA) is 58.6 Å². The lowest BCUT2D eigenvalue weighted by Gasteiger charge is -2.34. The number of carbonyl (C=O) groups excluding carboxylic acids is 1. The first-order chi connectivity index (χ1) is 11.6. The zero-order chi connectivity index (χ0) is 17.0. The van der Waals surface area contributed by atoms with Gasteiger partial charge in [-0.25, -0.2) is 4.39 Å². The summed E-state index contributed by atoms with van der Waals surface area (Å²) in [6.45, 7) is -0.206. The van der Waals surface area contributed by atoms with Crippen molar-refractivity contribution in [2.75, 3.05) is 18.9 Å². The number of para-hydroxylation sites is 1. The van der Waals surface area contributed by atoms with Crippen LogP contribution in [-0.2, 0) is 16.1 Å². The van der Waals surface area contributed by atoms with Crippen LogP contribution >= 0.6 is 11.8 Å². The van der Waals surface area contributed by atoms with Crippen LogP contribution in [0.15, 0.2) is 48.5 Å². The van der Waals surface area contributed by atoms with E-state index in [1.807, 2.05) is 24.3 Å². The fourth-order valence-electron chi connectivity index (χ4n) is 2.65. The van der Waals surface area contributed by atoms with E-state index in [4.69, 9.17) is 4.74 Å². The molecule has 1 aliphatic rings. The summed E-state index contributed by atoms with van der Waals surface area (Å²) >= 11 is 1.63. The van der Waals surface area contributed by atoms with Crippen LogP contribution in [0.4, 0.5) is 4.39 Å². The molecule has 1 heterocycles. The lowest BCUT2D eigenvalue weighted by atomic mass is 9.91. The Morgan fingerprint density at radius 3 is 2.83 bits per heavy atom. The standard InChI is InChI=1S/C18H18FNO3S/c19-15-7-3-4-8-16(15)23-9-17(21)20-11-18(22)12-24-10-13-5-1-2-6-14(13)18/h1-8,22H,9-12H2,(H,20,21). The third-order valence-corrected chi connectivity index (χ3v) is 5.09. The molecule has 2 N–H and O–H groups in total. The number of ether oxygens (including phenoxy) is 1. The Balaban J connectivity index is 1.58. The van der Waals surface area contributed by atoms with E-state index in [0.717, 1.165) is 16.9 Å². The van der Waals surface area contributed by atoms with Crippen LogP contribution in [0.25, 0.3) is 0 Å². The molecule has 0 radical (unpaired) electrons. The summed E-state index contributed by atoms with van der Waals surface area (Å²) in [6, 6.07) is 13.6. The molecule has 0 fully saturated rings. The molecule has 1 aliphatic heterocycles. The minimum Gasteiger partial charge on any atom is -0.481 e. The van der Waals surface area contributed by atoms with Crippen LogP contribution in [0.2, 0.25) is 0 Å². The lowest BCUT2D eigenvalue weighted by Crippen LogP contribution is -2.45. The number of thioether (sulfide) groups is 1. The quantitative estimate of drug-likeness (QED) is 0.872. The number of rotatable bonds is 5. The minimum atomic E-state index is -1.10. The lowest BCUT2D eigenvalue weighted by molar-refractivity contribution is -0.124. The summed E-state index contributed by atoms with van der Waals surface area (Å²) in [7, 11) is 0. The van der Waals surface area contributed by atoms with Gasteiger partial charge in [0.2, 0.25) is 0 Å². The molecular weight excluding hydrogens is 329 g/mol. The third kappa shape index (κ3) is 3.71. The van der Waals surface area contributed by atoms with Crippen molar-refractivity contribution in [1.29, 1.82) is 0 Å². The molecule has 1 atom stereocenters. The average Bonchev–Trinajstić information content (AvgIpc) is 2.60. The number of nitrogens with one attached hydrogen (secondary N) is 1. The van der Waals surface area contributed by atoms with E-state index in [1.54, 1.807) is 23.9 Å². The molecule has 1 unspecified atom stereocenters. The van der Waals surface area contributed by atoms with Crippen molar-refractivity contribution in [2.24, 2.45) is 0 Å². The molecule has 0 saturated carbocycles. The largest absolute Gasteiger partial charge is 0.481 e. The molecule has 4 nitrogen and oxygen atoms in total. The molecule has 6 heteroatoms. The molecule has 2 aromatic rings. The van der Waals surface area contributed by atoms with Crippen molar-refractivity contribution in [2.45, 2.75) is 11.4 Å². The summed E-state index contributed by atoms with van der Waals surface area (Å²) in [5, 5.41) is 13.5. The maximum atomic E-state index is 13.4. The Hall–Kier alpha value is -2.05. The summed E-state index contributed by atoms with van der Waals surface area (Å²) in [4.78, 5) is 11.9. The summed E-state index contributed by atoms with van der Waals surface area (Å²) < 4.78 is 18.6. The molecule has 3 rings (SSSR count). The highest BCUT2D eigenvalue weighted by Gasteiger charge is 2.34. The molecular formula is C18H18FNO3S. The van der Waals surface area contributed by atoms with Crippen molar-refractivity contribution in [3.05, 3.63) is 65.5 Å². The van der Waals surface area contributed by atoms with Crippen LogP contribution in [0.3, 0.4) is 0 Å². The highest BCUT2D eigenvalue weighted by Crippen LogP contribution is 2.35. The van der Waals surface area contributed by atoms with Crippen molar-refractivity contribution >= 4 is 17.7 Å². The molecule has 126 valence electrons. The molecule has 2 aromatic carbocycles. The minimum absolute atomic E-state index is 0.0323. The zero-order valence-corrected chi connectivity index (χ0v) is 13.8. The number of hydrogen-bond acceptors (Lipinski definition) is 4. The predicted molar refractivity (Wildman–Crippen MR) is 91.4 cm³/mol. The third-order valence-electron chi connectivity index (χ3n) is 3.89. The monoisotopic (exact) mass is 347 g/mol. The number of benzene rings is 2. The van der Waals surface area contributed by atoms with Crippen LogP contribution in [0.1, 0.15) is 11.1 Å². The number of carbonyl (C=O) groups is 1. The van der Waals surface area contributed by atoms with Crippen molar-refractivity contribution in [3.8, 4) is 5.75 Å². The predicted octanol–water partition coefficient (Wildman–Crippen LogP) is 2.46. The molecule has 1 amide bonds. The Bertz CT molecular complexity index is 740. The molecule has 24 heavy (non-hydrogen) atoms. The Labute approximate surface area is 144 Å². The molecule has 0 aromatic heterocycles. The van der Waals surface area contributed by atoms with Gasteiger partial charge in [-0.1, -0.05) is 36.4 Å². The van der Waals surface area contributed by atoms with Gasteiger partial charge in [-0.2, -0.15) is 11.8 Å². The fourth-order valence-corrected chi connectivity index (χ4v) is 3.82. The van der Waals surface area contributed by atoms with Crippen LogP contribution in [0.5, 0.6) is 5.75 Å². The normalized spacial score (nSPS) is 19.4. The van der Waals surface area contributed by atoms with Gasteiger partial charge in [-0.05, 0) is 23.3 Å². The van der Waals surface area contributed by atoms with Gasteiger partial charge < -0.3 is 15.2 Å². The maximum Gasteiger partial charge on any atom is 0.258 e. The van der Waals surface area contributed by atoms with Gasteiger partial charge in [0.05, 0.1) is 6.54 Å². The van der Waals surface area contributed by atoms with E-state index >= 15 is 0 Å². The molecule has 0 spiro atoms. The van der Waals surface area contributed by atoms with E-state index in [2.05, 4.69) is 5.32 Å². The zero-order valence-electron chi connectivity index (χ0n) is 13.0. The van der Waals surface area contributed by atoms with Crippen molar-refractivity contribution in [1.82, 2.24) is 5.32 Å². The molecule has 0 aliphatic carbocycles. The first-order valence-corrected chi connectivity index (χ1v) is 8.76. The van der Waals surface area contributed by atoms with E-state index in [9.17, 15) is 14.3 Å². The van der Waals surface area contributed by atoms with E-state index in [0.29, 0.717) is 5.75 Å². The number of halogens is 1. The van der Waals surface area contributed by atoms with Gasteiger partial charge in [0, 0.05) is 11.5 Å². The highest BCUT2D eigenvalue weighted by molar-refractivity contribution is 7.98. The second kappa shape index (κ2) is 7.23. The molecule has 0 bridgehead atoms. The number of amides is 1. The summed E-state index contributed by atoms with van der Waals surface area (Å²) in [6.07, 6.45) is 0. The smallest absolute Gasteiger partial charge is 0.258 e. The summed E-state index contributed by atoms with van der Waals surface area (Å²) in [5.41, 5.74) is 0.819. The number of hydrogen-bond donors (Lipinski definition) is 2. The van der Waals surface area contributed by atoms with Crippen LogP contribution in [0, 0.1) is 5.82 Å². The first-order valence-electron chi connectivity index (χ1n) is 7.61. The van der Waals surface area contributed by atoms with Gasteiger partial charge in [-0.3, -0.25) is 4.79 Å². The Morgan fingerprint density at radius 2 is 2.00 bits per heavy atom. The SMILES string of the molecule is O=C(COc1ccccc1F)NCC1(O)CSCc2ccccc21. The van der Waals surface area contributed by atoms with Gasteiger partial charge in [-0.15, -0.1) is 0 Å². The molecule has 0 saturated heterocycles. The first kappa shape index (κ1) is 16.8. The van der Waals surface area contributed by atoms with E-state index < -0.39 is 17.3 Å². The second-order valence-corrected chi connectivity index (χ2v) is 6.66. The average molecular weight is 347 g/mol. The maximum absolute atomic E-state index is 13.4. The summed E-state index contributed by atoms with van der Waals surface area (Å²) in [5.74, 6) is 0.479. The second-order valence-electron chi connectivity index (χ2n) is 5.68. The number of aliphatic hydroxyl groups is 1. The number of fused-ring (bicyclic) bond motifs is 1. The van der Waals surface area contributed by atoms with Crippen LogP contribution in [-0.4, -0.2) is 29.9 Å². The van der Waals surface area contributed by atoms with Crippen LogP contribution < -0.4 is 10.1 Å². The Kier molecular flexibility index (Phi) is 5.06. The van der Waals surface area contributed by atoms with Gasteiger partial charge >= 0.3 is 0 Å². The van der Waals surface area contributed by atoms with Crippen molar-refractivity contribution < 1.29 is 19.0 Å². The Morgan fingerprint density at radius 1 is 1.25 bits per heavy atom. The highest BCUT2D eigenvalue weighted by atomic mass is 32.2. The van der Waals surface area contributed by atoms with E-state index in [-0.39, 0.29) is 18.9 Å². The fraction of sp³-hybridized carbons (Fsp3) is 0.278. The van der Waals surface area contributed by atoms with Gasteiger partial charge in [0.1, 0.15) is 5.60 Å². The van der Waals surface area contributed by atoms with E-state index in [1.165, 1.54) is 12.1 Å². The van der Waals surface area contributed by atoms with Gasteiger partial charge in [0.15, 0.2) is 18.2 Å². The van der Waals surface area contributed by atoms with Crippen molar-refractivity contribution in [3.63, 3.8) is 0 Å².